The van der Waals surface area contributed by atoms with Crippen molar-refractivity contribution in [2.24, 2.45) is 17.6 Å². The maximum atomic E-state index is 6.28. The van der Waals surface area contributed by atoms with E-state index in [1.165, 1.54) is 11.1 Å². The van der Waals surface area contributed by atoms with Gasteiger partial charge in [-0.05, 0) is 52.0 Å². The maximum absolute atomic E-state index is 6.28. The van der Waals surface area contributed by atoms with Crippen molar-refractivity contribution in [3.8, 4) is 0 Å². The lowest BCUT2D eigenvalue weighted by atomic mass is 9.89. The molecule has 23 heavy (non-hydrogen) atoms. The Morgan fingerprint density at radius 2 is 1.83 bits per heavy atom. The van der Waals surface area contributed by atoms with Crippen LogP contribution in [0.4, 0.5) is 0 Å². The quantitative estimate of drug-likeness (QED) is 0.376. The van der Waals surface area contributed by atoms with Crippen molar-refractivity contribution in [3.05, 3.63) is 36.0 Å². The SMILES string of the molecule is C=C(CCCC(=CC)C(NC(N)C(C)C)C(C)C=CC)CNC. The molecule has 0 bridgehead atoms. The van der Waals surface area contributed by atoms with Crippen molar-refractivity contribution < 1.29 is 0 Å². The highest BCUT2D eigenvalue weighted by Crippen LogP contribution is 2.21. The summed E-state index contributed by atoms with van der Waals surface area (Å²) in [6.07, 6.45) is 9.95. The van der Waals surface area contributed by atoms with Crippen molar-refractivity contribution in [2.75, 3.05) is 13.6 Å². The van der Waals surface area contributed by atoms with Crippen molar-refractivity contribution in [3.63, 3.8) is 0 Å². The summed E-state index contributed by atoms with van der Waals surface area (Å²) in [6.45, 7) is 15.8. The third kappa shape index (κ3) is 9.09. The molecule has 0 rings (SSSR count). The summed E-state index contributed by atoms with van der Waals surface area (Å²) in [4.78, 5) is 0. The van der Waals surface area contributed by atoms with Gasteiger partial charge in [0.2, 0.25) is 0 Å². The van der Waals surface area contributed by atoms with Gasteiger partial charge in [0, 0.05) is 12.6 Å². The first-order chi connectivity index (χ1) is 10.9. The van der Waals surface area contributed by atoms with Crippen LogP contribution in [0.15, 0.2) is 36.0 Å². The fraction of sp³-hybridized carbons (Fsp3) is 0.700. The van der Waals surface area contributed by atoms with E-state index in [0.717, 1.165) is 25.8 Å². The lowest BCUT2D eigenvalue weighted by Gasteiger charge is -2.31. The molecule has 3 nitrogen and oxygen atoms in total. The predicted molar refractivity (Wildman–Crippen MR) is 104 cm³/mol. The Morgan fingerprint density at radius 3 is 2.30 bits per heavy atom. The molecule has 0 aromatic heterocycles. The summed E-state index contributed by atoms with van der Waals surface area (Å²) >= 11 is 0. The van der Waals surface area contributed by atoms with Crippen LogP contribution in [0.1, 0.15) is 53.9 Å². The van der Waals surface area contributed by atoms with Gasteiger partial charge in [0.15, 0.2) is 0 Å². The minimum Gasteiger partial charge on any atom is -0.316 e. The Labute approximate surface area is 144 Å². The van der Waals surface area contributed by atoms with Crippen LogP contribution in [0, 0.1) is 11.8 Å². The molecule has 0 fully saturated rings. The van der Waals surface area contributed by atoms with Crippen LogP contribution in [0.5, 0.6) is 0 Å². The number of rotatable bonds is 12. The first kappa shape index (κ1) is 22.1. The Bertz CT molecular complexity index is 382. The first-order valence-electron chi connectivity index (χ1n) is 8.98. The minimum absolute atomic E-state index is 0.0157. The van der Waals surface area contributed by atoms with E-state index in [2.05, 4.69) is 70.1 Å². The first-order valence-corrected chi connectivity index (χ1v) is 8.98. The van der Waals surface area contributed by atoms with Gasteiger partial charge in [0.05, 0.1) is 6.17 Å². The monoisotopic (exact) mass is 321 g/mol. The third-order valence-electron chi connectivity index (χ3n) is 4.30. The van der Waals surface area contributed by atoms with E-state index in [-0.39, 0.29) is 6.17 Å². The van der Waals surface area contributed by atoms with Crippen molar-refractivity contribution >= 4 is 0 Å². The highest BCUT2D eigenvalue weighted by Gasteiger charge is 2.22. The summed E-state index contributed by atoms with van der Waals surface area (Å²) in [6, 6.07) is 0.297. The highest BCUT2D eigenvalue weighted by atomic mass is 15.1. The zero-order valence-corrected chi connectivity index (χ0v) is 16.2. The van der Waals surface area contributed by atoms with E-state index in [0.29, 0.717) is 17.9 Å². The lowest BCUT2D eigenvalue weighted by Crippen LogP contribution is -2.50. The van der Waals surface area contributed by atoms with E-state index in [1.54, 1.807) is 0 Å². The van der Waals surface area contributed by atoms with Gasteiger partial charge in [-0.15, -0.1) is 0 Å². The smallest absolute Gasteiger partial charge is 0.0574 e. The van der Waals surface area contributed by atoms with Gasteiger partial charge in [-0.1, -0.05) is 56.7 Å². The number of nitrogens with two attached hydrogens (primary N) is 1. The molecule has 0 aliphatic carbocycles. The molecule has 3 heteroatoms. The van der Waals surface area contributed by atoms with Gasteiger partial charge < -0.3 is 11.1 Å². The van der Waals surface area contributed by atoms with Crippen LogP contribution in [-0.2, 0) is 0 Å². The molecule has 0 amide bonds. The Balaban J connectivity index is 4.84. The molecule has 0 radical (unpaired) electrons. The molecule has 0 heterocycles. The second-order valence-corrected chi connectivity index (χ2v) is 6.80. The molecule has 4 N–H and O–H groups in total. The summed E-state index contributed by atoms with van der Waals surface area (Å²) < 4.78 is 0. The van der Waals surface area contributed by atoms with Crippen LogP contribution in [0.3, 0.4) is 0 Å². The molecule has 0 aliphatic rings. The second kappa shape index (κ2) is 12.5. The van der Waals surface area contributed by atoms with Crippen molar-refractivity contribution in [2.45, 2.75) is 66.1 Å². The van der Waals surface area contributed by atoms with E-state index in [9.17, 15) is 0 Å². The minimum atomic E-state index is 0.0157. The summed E-state index contributed by atoms with van der Waals surface area (Å²) in [5.74, 6) is 0.848. The Morgan fingerprint density at radius 1 is 1.17 bits per heavy atom. The van der Waals surface area contributed by atoms with Gasteiger partial charge in [-0.25, -0.2) is 0 Å². The largest absolute Gasteiger partial charge is 0.316 e. The summed E-state index contributed by atoms with van der Waals surface area (Å²) in [5.41, 5.74) is 8.99. The summed E-state index contributed by atoms with van der Waals surface area (Å²) in [7, 11) is 1.97. The molecule has 0 spiro atoms. The van der Waals surface area contributed by atoms with Crippen LogP contribution in [0.25, 0.3) is 0 Å². The molecule has 3 unspecified atom stereocenters. The molecule has 134 valence electrons. The molecular formula is C20H39N3. The normalized spacial score (nSPS) is 16.8. The molecule has 3 atom stereocenters. The molecule has 0 aliphatic heterocycles. The lowest BCUT2D eigenvalue weighted by molar-refractivity contribution is 0.343. The Kier molecular flexibility index (Phi) is 12.0. The van der Waals surface area contributed by atoms with Crippen molar-refractivity contribution in [1.29, 1.82) is 0 Å². The van der Waals surface area contributed by atoms with Crippen LogP contribution >= 0.6 is 0 Å². The zero-order valence-electron chi connectivity index (χ0n) is 16.2. The van der Waals surface area contributed by atoms with Gasteiger partial charge in [-0.2, -0.15) is 0 Å². The number of hydrogen-bond donors (Lipinski definition) is 3. The van der Waals surface area contributed by atoms with Gasteiger partial charge in [0.1, 0.15) is 0 Å². The van der Waals surface area contributed by atoms with Crippen LogP contribution in [0.2, 0.25) is 0 Å². The van der Waals surface area contributed by atoms with E-state index in [1.807, 2.05) is 7.05 Å². The number of allylic oxidation sites excluding steroid dienone is 2. The van der Waals surface area contributed by atoms with Crippen molar-refractivity contribution in [1.82, 2.24) is 10.6 Å². The number of nitrogens with one attached hydrogen (secondary N) is 2. The molecule has 0 aromatic carbocycles. The fourth-order valence-electron chi connectivity index (χ4n) is 2.77. The number of likely N-dealkylation sites (N-methyl/N-ethyl adjacent to an activating group) is 1. The molecular weight excluding hydrogens is 282 g/mol. The van der Waals surface area contributed by atoms with E-state index in [4.69, 9.17) is 5.73 Å². The maximum Gasteiger partial charge on any atom is 0.0574 e. The highest BCUT2D eigenvalue weighted by molar-refractivity contribution is 5.15. The van der Waals surface area contributed by atoms with E-state index < -0.39 is 0 Å². The van der Waals surface area contributed by atoms with E-state index >= 15 is 0 Å². The van der Waals surface area contributed by atoms with Gasteiger partial charge in [0.25, 0.3) is 0 Å². The van der Waals surface area contributed by atoms with Crippen LogP contribution < -0.4 is 16.4 Å². The van der Waals surface area contributed by atoms with Crippen LogP contribution in [-0.4, -0.2) is 25.8 Å². The predicted octanol–water partition coefficient (Wildman–Crippen LogP) is 3.99. The molecule has 0 saturated heterocycles. The average molecular weight is 322 g/mol. The summed E-state index contributed by atoms with van der Waals surface area (Å²) in [5, 5.41) is 6.80. The number of hydrogen-bond acceptors (Lipinski definition) is 3. The van der Waals surface area contributed by atoms with Gasteiger partial charge >= 0.3 is 0 Å². The fourth-order valence-corrected chi connectivity index (χ4v) is 2.77. The molecule has 0 aromatic rings. The average Bonchev–Trinajstić information content (AvgIpc) is 2.49. The molecule has 0 saturated carbocycles. The zero-order chi connectivity index (χ0) is 17.8. The third-order valence-corrected chi connectivity index (χ3v) is 4.30. The standard InChI is InChI=1S/C20H39N3/c1-8-11-17(6)19(23-20(21)15(3)4)18(9-2)13-10-12-16(5)14-22-7/h8-9,11,15,17,19-20,22-23H,5,10,12-14,21H2,1-4,6-7H3. The topological polar surface area (TPSA) is 50.1 Å². The Hall–Kier alpha value is -0.900. The van der Waals surface area contributed by atoms with Gasteiger partial charge in [-0.3, -0.25) is 5.32 Å². The second-order valence-electron chi connectivity index (χ2n) is 6.80.